The molecule has 7 atom stereocenters. The van der Waals surface area contributed by atoms with Crippen LogP contribution >= 0.6 is 0 Å². The van der Waals surface area contributed by atoms with Crippen molar-refractivity contribution in [3.63, 3.8) is 0 Å². The predicted octanol–water partition coefficient (Wildman–Crippen LogP) is 1.70. The Morgan fingerprint density at radius 3 is 1.31 bits per heavy atom. The van der Waals surface area contributed by atoms with Crippen molar-refractivity contribution in [1.82, 2.24) is 52.2 Å². The van der Waals surface area contributed by atoms with Crippen LogP contribution in [-0.4, -0.2) is 127 Å². The molecule has 23 heteroatoms. The smallest absolute Gasteiger partial charge is 0.305 e. The van der Waals surface area contributed by atoms with Crippen LogP contribution in [0.15, 0.2) is 121 Å². The number of para-hydroxylation sites is 3. The Morgan fingerprint density at radius 2 is 0.875 bits per heavy atom. The van der Waals surface area contributed by atoms with E-state index in [1.165, 1.54) is 24.3 Å². The maximum atomic E-state index is 15.1. The molecule has 0 spiro atoms. The maximum absolute atomic E-state index is 15.1. The number of carboxylic acids is 1. The van der Waals surface area contributed by atoms with Gasteiger partial charge >= 0.3 is 5.97 Å². The van der Waals surface area contributed by atoms with Gasteiger partial charge in [-0.2, -0.15) is 0 Å². The fourth-order valence-corrected chi connectivity index (χ4v) is 9.83. The first-order chi connectivity index (χ1) is 38.4. The molecule has 16 N–H and O–H groups in total. The number of benzene rings is 4. The number of aromatic hydroxyl groups is 1. The molecule has 8 rings (SSSR count). The summed E-state index contributed by atoms with van der Waals surface area (Å²) in [4.78, 5) is 130. The Kier molecular flexibility index (Phi) is 18.1. The molecule has 418 valence electrons. The van der Waals surface area contributed by atoms with E-state index < -0.39 is 102 Å². The van der Waals surface area contributed by atoms with E-state index in [0.717, 1.165) is 32.7 Å². The lowest BCUT2D eigenvalue weighted by atomic mass is 9.98. The number of fused-ring (bicyclic) bond motifs is 3. The largest absolute Gasteiger partial charge is 0.508 e. The molecule has 7 unspecified atom stereocenters. The number of carbonyl (C=O) groups is 8. The number of rotatable bonds is 15. The molecule has 1 aliphatic rings. The summed E-state index contributed by atoms with van der Waals surface area (Å²) in [5.74, 6) is -8.75. The van der Waals surface area contributed by atoms with E-state index in [4.69, 9.17) is 11.5 Å². The van der Waals surface area contributed by atoms with Gasteiger partial charge in [0, 0.05) is 83.5 Å². The van der Waals surface area contributed by atoms with Crippen molar-refractivity contribution < 1.29 is 48.6 Å². The lowest BCUT2D eigenvalue weighted by Crippen LogP contribution is -2.61. The second-order valence-corrected chi connectivity index (χ2v) is 20.2. The van der Waals surface area contributed by atoms with Gasteiger partial charge in [-0.05, 0) is 71.3 Å². The Bertz CT molecular complexity index is 3430. The average molecular weight is 1090 g/mol. The number of hydrogen-bond donors (Lipinski definition) is 14. The molecule has 23 nitrogen and oxygen atoms in total. The second kappa shape index (κ2) is 25.7. The molecule has 1 fully saturated rings. The first-order valence-corrected chi connectivity index (χ1v) is 26.2. The molecule has 7 aromatic rings. The van der Waals surface area contributed by atoms with Crippen LogP contribution < -0.4 is 48.7 Å². The Hall–Kier alpha value is -9.67. The van der Waals surface area contributed by atoms with Crippen LogP contribution in [0, 0.1) is 5.92 Å². The van der Waals surface area contributed by atoms with Crippen molar-refractivity contribution in [2.75, 3.05) is 6.54 Å². The van der Waals surface area contributed by atoms with E-state index in [1.807, 2.05) is 60.7 Å². The highest BCUT2D eigenvalue weighted by atomic mass is 16.4. The third-order valence-corrected chi connectivity index (χ3v) is 14.0. The van der Waals surface area contributed by atoms with Crippen molar-refractivity contribution in [1.29, 1.82) is 0 Å². The van der Waals surface area contributed by atoms with E-state index in [-0.39, 0.29) is 56.8 Å². The first kappa shape index (κ1) is 56.5. The zero-order valence-corrected chi connectivity index (χ0v) is 44.0. The number of carbonyl (C=O) groups excluding carboxylic acids is 7. The first-order valence-electron chi connectivity index (χ1n) is 26.2. The molecule has 1 aliphatic heterocycles. The topological polar surface area (TPSA) is 373 Å². The van der Waals surface area contributed by atoms with Crippen LogP contribution in [0.5, 0.6) is 5.75 Å². The molecule has 3 aromatic heterocycles. The zero-order valence-electron chi connectivity index (χ0n) is 44.0. The number of nitrogens with zero attached hydrogens (tertiary/aromatic N) is 1. The minimum absolute atomic E-state index is 0.00414. The number of H-pyrrole nitrogens is 3. The van der Waals surface area contributed by atoms with Gasteiger partial charge in [0.25, 0.3) is 0 Å². The monoisotopic (exact) mass is 1090 g/mol. The number of aliphatic carboxylic acids is 1. The Labute approximate surface area is 458 Å². The number of nitrogens with two attached hydrogens (primary N) is 2. The third-order valence-electron chi connectivity index (χ3n) is 14.0. The second-order valence-electron chi connectivity index (χ2n) is 20.2. The molecule has 0 radical (unpaired) electrons. The van der Waals surface area contributed by atoms with Gasteiger partial charge in [-0.1, -0.05) is 80.6 Å². The van der Waals surface area contributed by atoms with Crippen LogP contribution in [0.3, 0.4) is 0 Å². The van der Waals surface area contributed by atoms with Gasteiger partial charge in [-0.25, -0.2) is 0 Å². The molecule has 7 amide bonds. The summed E-state index contributed by atoms with van der Waals surface area (Å²) in [5, 5.41) is 41.6. The summed E-state index contributed by atoms with van der Waals surface area (Å²) in [5.41, 5.74) is 15.7. The number of aliphatic imine (C=N–C) groups is 1. The number of amides is 7. The predicted molar refractivity (Wildman–Crippen MR) is 298 cm³/mol. The Morgan fingerprint density at radius 1 is 0.500 bits per heavy atom. The summed E-state index contributed by atoms with van der Waals surface area (Å²) in [6, 6.07) is 17.1. The SMILES string of the molecule is CC(C)C1NC(=O)C(Cc2c[nH]c3ccccc23)NC(=O)C(Cc2ccc(O)cc2)NC(=O)C(CC(=O)O)NC(=O)C(CCCN=C(N)N)NC(=O)C(Cc2c[nH]c3ccccc23)NC(=O)C(Cc2c[nH]c3ccccc23)NC1=O. The summed E-state index contributed by atoms with van der Waals surface area (Å²) >= 11 is 0. The Balaban J connectivity index is 1.23. The van der Waals surface area contributed by atoms with Gasteiger partial charge in [0.15, 0.2) is 5.96 Å². The molecule has 0 bridgehead atoms. The van der Waals surface area contributed by atoms with Gasteiger partial charge in [0.2, 0.25) is 41.4 Å². The van der Waals surface area contributed by atoms with Crippen LogP contribution in [0.4, 0.5) is 0 Å². The minimum atomic E-state index is -1.86. The summed E-state index contributed by atoms with van der Waals surface area (Å²) < 4.78 is 0. The van der Waals surface area contributed by atoms with E-state index in [9.17, 15) is 43.8 Å². The van der Waals surface area contributed by atoms with Crippen LogP contribution in [0.2, 0.25) is 0 Å². The van der Waals surface area contributed by atoms with Gasteiger partial charge in [0.05, 0.1) is 6.42 Å². The van der Waals surface area contributed by atoms with Crippen molar-refractivity contribution >= 4 is 86.0 Å². The van der Waals surface area contributed by atoms with E-state index >= 15 is 4.79 Å². The van der Waals surface area contributed by atoms with Crippen LogP contribution in [0.1, 0.15) is 55.4 Å². The van der Waals surface area contributed by atoms with Gasteiger partial charge in [-0.15, -0.1) is 0 Å². The highest BCUT2D eigenvalue weighted by Crippen LogP contribution is 2.23. The molecule has 4 heterocycles. The van der Waals surface area contributed by atoms with Crippen molar-refractivity contribution in [3.05, 3.63) is 138 Å². The molecule has 1 saturated heterocycles. The molecule has 80 heavy (non-hydrogen) atoms. The minimum Gasteiger partial charge on any atom is -0.508 e. The molecule has 4 aromatic carbocycles. The lowest BCUT2D eigenvalue weighted by Gasteiger charge is -2.29. The van der Waals surface area contributed by atoms with Crippen molar-refractivity contribution in [2.24, 2.45) is 22.4 Å². The van der Waals surface area contributed by atoms with Crippen LogP contribution in [-0.2, 0) is 64.0 Å². The average Bonchev–Trinajstić information content (AvgIpc) is 4.19. The number of aromatic amines is 3. The third kappa shape index (κ3) is 14.3. The number of hydrogen-bond acceptors (Lipinski definition) is 10. The van der Waals surface area contributed by atoms with Gasteiger partial charge in [-0.3, -0.25) is 43.3 Å². The lowest BCUT2D eigenvalue weighted by molar-refractivity contribution is -0.141. The summed E-state index contributed by atoms with van der Waals surface area (Å²) in [6.07, 6.45) is 3.35. The number of guanidine groups is 1. The number of nitrogens with one attached hydrogen (secondary N) is 10. The molecular weight excluding hydrogens is 1030 g/mol. The fraction of sp³-hybridized carbons (Fsp3) is 0.316. The standard InChI is InChI=1S/C57H65N13O10/c1-30(2)49-56(80)69-45(24-33-28-62-40-14-7-4-11-37(33)40)53(77)66-44(23-32-27-61-39-13-6-3-10-36(32)39)52(76)64-42(16-9-21-60-57(58)59)50(74)68-47(26-48(72)73)54(78)65-43(22-31-17-19-35(71)20-18-31)51(75)67-46(55(79)70-49)25-34-29-63-41-15-8-5-12-38(34)41/h3-8,10-15,17-20,27-30,42-47,49,61-63,71H,9,16,21-26H2,1-2H3,(H,64,76)(H,65,78)(H,66,77)(H,67,75)(H,68,74)(H,69,80)(H,70,79)(H,72,73)(H4,58,59,60). The number of carboxylic acid groups (broad SMARTS) is 1. The molecule has 0 aliphatic carbocycles. The van der Waals surface area contributed by atoms with Crippen molar-refractivity contribution in [2.45, 2.75) is 101 Å². The van der Waals surface area contributed by atoms with Crippen LogP contribution in [0.25, 0.3) is 32.7 Å². The highest BCUT2D eigenvalue weighted by molar-refractivity contribution is 6.00. The number of phenols is 1. The van der Waals surface area contributed by atoms with E-state index in [1.54, 1.807) is 44.6 Å². The van der Waals surface area contributed by atoms with Gasteiger partial charge < -0.3 is 73.8 Å². The summed E-state index contributed by atoms with van der Waals surface area (Å²) in [7, 11) is 0. The molecular formula is C57H65N13O10. The number of phenolic OH excluding ortho intramolecular Hbond substituents is 1. The zero-order chi connectivity index (χ0) is 57.0. The highest BCUT2D eigenvalue weighted by Gasteiger charge is 2.37. The normalized spacial score (nSPS) is 21.1. The maximum Gasteiger partial charge on any atom is 0.305 e. The van der Waals surface area contributed by atoms with E-state index in [0.29, 0.717) is 22.3 Å². The van der Waals surface area contributed by atoms with E-state index in [2.05, 4.69) is 57.2 Å². The summed E-state index contributed by atoms with van der Waals surface area (Å²) in [6.45, 7) is 3.38. The number of aromatic nitrogens is 3. The quantitative estimate of drug-likeness (QED) is 0.0397. The molecule has 0 saturated carbocycles. The van der Waals surface area contributed by atoms with Gasteiger partial charge in [0.1, 0.15) is 48.0 Å². The van der Waals surface area contributed by atoms with Crippen molar-refractivity contribution in [3.8, 4) is 5.75 Å². The fourth-order valence-electron chi connectivity index (χ4n) is 9.83.